The van der Waals surface area contributed by atoms with Gasteiger partial charge in [-0.25, -0.2) is 4.98 Å². The number of hydrogen-bond donors (Lipinski definition) is 1. The van der Waals surface area contributed by atoms with Gasteiger partial charge in [-0.15, -0.1) is 0 Å². The minimum absolute atomic E-state index is 0.0520. The van der Waals surface area contributed by atoms with Gasteiger partial charge in [0.15, 0.2) is 0 Å². The van der Waals surface area contributed by atoms with Gasteiger partial charge in [0.1, 0.15) is 5.82 Å². The molecule has 15 heavy (non-hydrogen) atoms. The first-order chi connectivity index (χ1) is 7.17. The van der Waals surface area contributed by atoms with Crippen LogP contribution in [0.15, 0.2) is 12.4 Å². The first kappa shape index (κ1) is 11.9. The van der Waals surface area contributed by atoms with Crippen molar-refractivity contribution < 1.29 is 5.11 Å². The number of anilines is 1. The van der Waals surface area contributed by atoms with Gasteiger partial charge < -0.3 is 10.0 Å². The highest BCUT2D eigenvalue weighted by molar-refractivity contribution is 5.35. The van der Waals surface area contributed by atoms with Crippen LogP contribution in [0.2, 0.25) is 0 Å². The molecule has 0 saturated heterocycles. The highest BCUT2D eigenvalue weighted by Crippen LogP contribution is 2.10. The Balaban J connectivity index is 2.74. The van der Waals surface area contributed by atoms with Crippen LogP contribution in [0.3, 0.4) is 0 Å². The molecule has 0 unspecified atom stereocenters. The smallest absolute Gasteiger partial charge is 0.147 e. The van der Waals surface area contributed by atoms with E-state index in [-0.39, 0.29) is 6.61 Å². The van der Waals surface area contributed by atoms with Crippen LogP contribution in [0.4, 0.5) is 5.82 Å². The molecular weight excluding hydrogens is 190 g/mol. The lowest BCUT2D eigenvalue weighted by molar-refractivity contribution is 0.276. The third-order valence-electron chi connectivity index (χ3n) is 2.14. The van der Waals surface area contributed by atoms with Gasteiger partial charge in [-0.3, -0.25) is 4.98 Å². The molecule has 0 spiro atoms. The Morgan fingerprint density at radius 1 is 1.33 bits per heavy atom. The van der Waals surface area contributed by atoms with Gasteiger partial charge in [-0.1, -0.05) is 13.8 Å². The van der Waals surface area contributed by atoms with E-state index >= 15 is 0 Å². The highest BCUT2D eigenvalue weighted by Gasteiger charge is 2.07. The number of aromatic nitrogens is 2. The van der Waals surface area contributed by atoms with Gasteiger partial charge in [0, 0.05) is 13.1 Å². The van der Waals surface area contributed by atoms with Gasteiger partial charge >= 0.3 is 0 Å². The normalized spacial score (nSPS) is 10.7. The standard InChI is InChI=1S/C11H19N3O/c1-4-14(7-9(2)3)11-6-12-10(8-15)5-13-11/h5-6,9,15H,4,7-8H2,1-3H3. The van der Waals surface area contributed by atoms with Crippen molar-refractivity contribution in [2.75, 3.05) is 18.0 Å². The van der Waals surface area contributed by atoms with E-state index in [0.717, 1.165) is 18.9 Å². The van der Waals surface area contributed by atoms with Crippen LogP contribution in [0, 0.1) is 5.92 Å². The Bertz CT molecular complexity index is 284. The summed E-state index contributed by atoms with van der Waals surface area (Å²) in [7, 11) is 0. The second-order valence-corrected chi connectivity index (χ2v) is 3.96. The third-order valence-corrected chi connectivity index (χ3v) is 2.14. The molecular formula is C11H19N3O. The monoisotopic (exact) mass is 209 g/mol. The minimum atomic E-state index is -0.0520. The lowest BCUT2D eigenvalue weighted by Crippen LogP contribution is -2.28. The molecule has 0 amide bonds. The number of aliphatic hydroxyl groups is 1. The van der Waals surface area contributed by atoms with Gasteiger partial charge in [-0.2, -0.15) is 0 Å². The first-order valence-corrected chi connectivity index (χ1v) is 5.34. The summed E-state index contributed by atoms with van der Waals surface area (Å²) in [5.74, 6) is 1.48. The molecule has 0 aliphatic heterocycles. The minimum Gasteiger partial charge on any atom is -0.390 e. The lowest BCUT2D eigenvalue weighted by Gasteiger charge is -2.23. The van der Waals surface area contributed by atoms with Crippen LogP contribution in [-0.4, -0.2) is 28.2 Å². The van der Waals surface area contributed by atoms with Crippen LogP contribution >= 0.6 is 0 Å². The number of aliphatic hydroxyl groups excluding tert-OH is 1. The summed E-state index contributed by atoms with van der Waals surface area (Å²) in [6.07, 6.45) is 3.34. The predicted molar refractivity (Wildman–Crippen MR) is 60.7 cm³/mol. The fourth-order valence-corrected chi connectivity index (χ4v) is 1.42. The number of rotatable bonds is 5. The van der Waals surface area contributed by atoms with Crippen molar-refractivity contribution in [3.8, 4) is 0 Å². The maximum atomic E-state index is 8.85. The molecule has 0 aliphatic carbocycles. The van der Waals surface area contributed by atoms with E-state index in [9.17, 15) is 0 Å². The summed E-state index contributed by atoms with van der Waals surface area (Å²) in [5, 5.41) is 8.85. The molecule has 0 radical (unpaired) electrons. The van der Waals surface area contributed by atoms with E-state index in [2.05, 4.69) is 35.6 Å². The summed E-state index contributed by atoms with van der Waals surface area (Å²) in [6.45, 7) is 8.30. The quantitative estimate of drug-likeness (QED) is 0.797. The molecule has 4 nitrogen and oxygen atoms in total. The van der Waals surface area contributed by atoms with E-state index in [1.165, 1.54) is 0 Å². The Morgan fingerprint density at radius 2 is 2.07 bits per heavy atom. The summed E-state index contributed by atoms with van der Waals surface area (Å²) in [4.78, 5) is 10.6. The molecule has 0 bridgehead atoms. The van der Waals surface area contributed by atoms with Gasteiger partial charge in [0.05, 0.1) is 24.7 Å². The second-order valence-electron chi connectivity index (χ2n) is 3.96. The predicted octanol–water partition coefficient (Wildman–Crippen LogP) is 1.45. The van der Waals surface area contributed by atoms with Gasteiger partial charge in [-0.05, 0) is 12.8 Å². The average molecular weight is 209 g/mol. The van der Waals surface area contributed by atoms with Crippen molar-refractivity contribution in [3.05, 3.63) is 18.1 Å². The van der Waals surface area contributed by atoms with E-state index in [0.29, 0.717) is 11.6 Å². The molecule has 1 aromatic rings. The van der Waals surface area contributed by atoms with Crippen molar-refractivity contribution in [1.29, 1.82) is 0 Å². The van der Waals surface area contributed by atoms with Crippen molar-refractivity contribution in [3.63, 3.8) is 0 Å². The zero-order chi connectivity index (χ0) is 11.3. The average Bonchev–Trinajstić information content (AvgIpc) is 2.26. The topological polar surface area (TPSA) is 49.2 Å². The first-order valence-electron chi connectivity index (χ1n) is 5.34. The summed E-state index contributed by atoms with van der Waals surface area (Å²) in [5.41, 5.74) is 0.611. The van der Waals surface area contributed by atoms with E-state index < -0.39 is 0 Å². The number of hydrogen-bond acceptors (Lipinski definition) is 4. The fourth-order valence-electron chi connectivity index (χ4n) is 1.42. The van der Waals surface area contributed by atoms with Gasteiger partial charge in [0.25, 0.3) is 0 Å². The molecule has 0 aromatic carbocycles. The fraction of sp³-hybridized carbons (Fsp3) is 0.636. The van der Waals surface area contributed by atoms with Gasteiger partial charge in [0.2, 0.25) is 0 Å². The van der Waals surface area contributed by atoms with Crippen molar-refractivity contribution in [2.24, 2.45) is 5.92 Å². The maximum absolute atomic E-state index is 8.85. The van der Waals surface area contributed by atoms with Crippen LogP contribution in [0.5, 0.6) is 0 Å². The zero-order valence-electron chi connectivity index (χ0n) is 9.64. The molecule has 0 aliphatic rings. The molecule has 0 saturated carbocycles. The van der Waals surface area contributed by atoms with E-state index in [4.69, 9.17) is 5.11 Å². The Morgan fingerprint density at radius 3 is 2.47 bits per heavy atom. The van der Waals surface area contributed by atoms with Crippen molar-refractivity contribution in [2.45, 2.75) is 27.4 Å². The van der Waals surface area contributed by atoms with Crippen molar-refractivity contribution in [1.82, 2.24) is 9.97 Å². The van der Waals surface area contributed by atoms with Crippen LogP contribution < -0.4 is 4.90 Å². The Kier molecular flexibility index (Phi) is 4.49. The second kappa shape index (κ2) is 5.66. The molecule has 1 aromatic heterocycles. The molecule has 1 N–H and O–H groups in total. The van der Waals surface area contributed by atoms with Crippen LogP contribution in [0.1, 0.15) is 26.5 Å². The van der Waals surface area contributed by atoms with Crippen LogP contribution in [-0.2, 0) is 6.61 Å². The number of nitrogens with zero attached hydrogens (tertiary/aromatic N) is 3. The Labute approximate surface area is 91.0 Å². The summed E-state index contributed by atoms with van der Waals surface area (Å²) >= 11 is 0. The zero-order valence-corrected chi connectivity index (χ0v) is 9.64. The summed E-state index contributed by atoms with van der Waals surface area (Å²) in [6, 6.07) is 0. The molecule has 0 fully saturated rings. The van der Waals surface area contributed by atoms with E-state index in [1.54, 1.807) is 12.4 Å². The largest absolute Gasteiger partial charge is 0.390 e. The molecule has 1 rings (SSSR count). The Hall–Kier alpha value is -1.16. The molecule has 1 heterocycles. The SMILES string of the molecule is CCN(CC(C)C)c1cnc(CO)cn1. The maximum Gasteiger partial charge on any atom is 0.147 e. The lowest BCUT2D eigenvalue weighted by atomic mass is 10.2. The third kappa shape index (κ3) is 3.47. The summed E-state index contributed by atoms with van der Waals surface area (Å²) < 4.78 is 0. The van der Waals surface area contributed by atoms with Crippen molar-refractivity contribution >= 4 is 5.82 Å². The molecule has 84 valence electrons. The molecule has 4 heteroatoms. The van der Waals surface area contributed by atoms with Crippen LogP contribution in [0.25, 0.3) is 0 Å². The molecule has 0 atom stereocenters. The van der Waals surface area contributed by atoms with E-state index in [1.807, 2.05) is 0 Å². The highest BCUT2D eigenvalue weighted by atomic mass is 16.3.